The summed E-state index contributed by atoms with van der Waals surface area (Å²) in [5, 5.41) is 9.67. The van der Waals surface area contributed by atoms with Crippen LogP contribution >= 0.6 is 35.1 Å². The van der Waals surface area contributed by atoms with E-state index in [1.165, 1.54) is 60.6 Å². The number of pyridine rings is 1. The molecule has 0 saturated heterocycles. The lowest BCUT2D eigenvalue weighted by Crippen LogP contribution is -2.17. The fourth-order valence-corrected chi connectivity index (χ4v) is 3.98. The van der Waals surface area contributed by atoms with E-state index >= 15 is 0 Å². The number of carboxylic acids is 1. The lowest BCUT2D eigenvalue weighted by Gasteiger charge is -2.23. The lowest BCUT2D eigenvalue weighted by atomic mass is 10.2. The monoisotopic (exact) mass is 488 g/mol. The number of ether oxygens (including phenoxy) is 1. The topological polar surface area (TPSA) is 62.7 Å². The van der Waals surface area contributed by atoms with Crippen molar-refractivity contribution in [2.24, 2.45) is 0 Å². The summed E-state index contributed by atoms with van der Waals surface area (Å²) in [5.74, 6) is -0.992. The molecule has 1 N–H and O–H groups in total. The van der Waals surface area contributed by atoms with Crippen molar-refractivity contribution < 1.29 is 27.8 Å². The van der Waals surface area contributed by atoms with Gasteiger partial charge in [-0.1, -0.05) is 35.3 Å². The van der Waals surface area contributed by atoms with E-state index in [2.05, 4.69) is 9.72 Å². The van der Waals surface area contributed by atoms with E-state index in [1.54, 1.807) is 16.4 Å². The molecule has 0 aliphatic heterocycles. The van der Waals surface area contributed by atoms with E-state index in [9.17, 15) is 18.0 Å². The molecule has 2 aromatic carbocycles. The molecule has 0 saturated carbocycles. The van der Waals surface area contributed by atoms with Crippen LogP contribution in [-0.2, 0) is 6.54 Å². The van der Waals surface area contributed by atoms with Gasteiger partial charge in [0.05, 0.1) is 22.2 Å². The molecule has 0 spiro atoms. The van der Waals surface area contributed by atoms with Crippen LogP contribution < -0.4 is 9.04 Å². The molecule has 162 valence electrons. The van der Waals surface area contributed by atoms with Crippen molar-refractivity contribution in [1.82, 2.24) is 4.98 Å². The second-order valence-corrected chi connectivity index (χ2v) is 8.05. The summed E-state index contributed by atoms with van der Waals surface area (Å²) in [6, 6.07) is 13.1. The van der Waals surface area contributed by atoms with Gasteiger partial charge in [-0.15, -0.1) is 13.2 Å². The second kappa shape index (κ2) is 9.67. The Morgan fingerprint density at radius 1 is 1.10 bits per heavy atom. The predicted molar refractivity (Wildman–Crippen MR) is 113 cm³/mol. The summed E-state index contributed by atoms with van der Waals surface area (Å²) in [4.78, 5) is 16.0. The van der Waals surface area contributed by atoms with Crippen LogP contribution in [0.2, 0.25) is 10.0 Å². The first-order valence-corrected chi connectivity index (χ1v) is 10.1. The van der Waals surface area contributed by atoms with E-state index in [-0.39, 0.29) is 22.9 Å². The summed E-state index contributed by atoms with van der Waals surface area (Å²) in [7, 11) is 0. The van der Waals surface area contributed by atoms with Gasteiger partial charge in [-0.2, -0.15) is 0 Å². The zero-order valence-electron chi connectivity index (χ0n) is 15.4. The van der Waals surface area contributed by atoms with E-state index in [1.807, 2.05) is 0 Å². The molecule has 0 amide bonds. The van der Waals surface area contributed by atoms with Crippen LogP contribution in [0.5, 0.6) is 5.75 Å². The first kappa shape index (κ1) is 23.1. The maximum atomic E-state index is 12.4. The minimum Gasteiger partial charge on any atom is -0.478 e. The smallest absolute Gasteiger partial charge is 0.478 e. The van der Waals surface area contributed by atoms with E-state index in [0.29, 0.717) is 21.3 Å². The third-order valence-electron chi connectivity index (χ3n) is 3.82. The van der Waals surface area contributed by atoms with Crippen molar-refractivity contribution in [2.75, 3.05) is 4.31 Å². The Kier molecular flexibility index (Phi) is 7.19. The molecule has 1 aromatic heterocycles. The van der Waals surface area contributed by atoms with Crippen molar-refractivity contribution in [3.63, 3.8) is 0 Å². The molecule has 0 aliphatic carbocycles. The number of aromatic carboxylic acids is 1. The maximum absolute atomic E-state index is 12.4. The third-order valence-corrected chi connectivity index (χ3v) is 5.31. The number of alkyl halides is 3. The third kappa shape index (κ3) is 6.68. The Hall–Kier alpha value is -2.62. The molecule has 0 bridgehead atoms. The standard InChI is InChI=1S/C20H13Cl2F3N2O3S/c21-14-9-17(22)18(26-10-14)27(31-16-7-3-13(4-8-16)19(28)29)11-12-1-5-15(6-2-12)30-20(23,24)25/h1-10H,11H2,(H,28,29). The number of anilines is 1. The van der Waals surface area contributed by atoms with E-state index in [0.717, 1.165) is 0 Å². The van der Waals surface area contributed by atoms with E-state index in [4.69, 9.17) is 28.3 Å². The fraction of sp³-hybridized carbons (Fsp3) is 0.100. The number of halogens is 5. The molecule has 11 heteroatoms. The number of nitrogens with zero attached hydrogens (tertiary/aromatic N) is 2. The summed E-state index contributed by atoms with van der Waals surface area (Å²) in [6.45, 7) is 0.228. The van der Waals surface area contributed by atoms with Crippen LogP contribution in [0.4, 0.5) is 19.0 Å². The van der Waals surface area contributed by atoms with Gasteiger partial charge in [0.2, 0.25) is 0 Å². The molecule has 0 fully saturated rings. The van der Waals surface area contributed by atoms with Crippen molar-refractivity contribution in [2.45, 2.75) is 17.8 Å². The Balaban J connectivity index is 1.86. The lowest BCUT2D eigenvalue weighted by molar-refractivity contribution is -0.274. The van der Waals surface area contributed by atoms with E-state index < -0.39 is 12.3 Å². The highest BCUT2D eigenvalue weighted by Crippen LogP contribution is 2.35. The van der Waals surface area contributed by atoms with Crippen molar-refractivity contribution in [1.29, 1.82) is 0 Å². The Morgan fingerprint density at radius 2 is 1.74 bits per heavy atom. The number of hydrogen-bond acceptors (Lipinski definition) is 5. The minimum absolute atomic E-state index is 0.138. The fourth-order valence-electron chi connectivity index (χ4n) is 2.49. The SMILES string of the molecule is O=C(O)c1ccc(SN(Cc2ccc(OC(F)(F)F)cc2)c2ncc(Cl)cc2Cl)cc1. The van der Waals surface area contributed by atoms with Gasteiger partial charge in [0.25, 0.3) is 0 Å². The van der Waals surface area contributed by atoms with Crippen molar-refractivity contribution in [3.05, 3.63) is 82.0 Å². The van der Waals surface area contributed by atoms with Gasteiger partial charge in [0.1, 0.15) is 5.75 Å². The average Bonchev–Trinajstić information content (AvgIpc) is 2.68. The molecule has 0 atom stereocenters. The Bertz CT molecular complexity index is 1060. The number of carboxylic acid groups (broad SMARTS) is 1. The molecule has 0 aliphatic rings. The molecular formula is C20H13Cl2F3N2O3S. The van der Waals surface area contributed by atoms with Crippen LogP contribution in [0, 0.1) is 0 Å². The summed E-state index contributed by atoms with van der Waals surface area (Å²) < 4.78 is 42.7. The first-order valence-electron chi connectivity index (χ1n) is 8.55. The molecule has 31 heavy (non-hydrogen) atoms. The summed E-state index contributed by atoms with van der Waals surface area (Å²) in [6.07, 6.45) is -3.35. The zero-order valence-corrected chi connectivity index (χ0v) is 17.8. The number of rotatable bonds is 7. The highest BCUT2D eigenvalue weighted by molar-refractivity contribution is 8.00. The number of hydrogen-bond donors (Lipinski definition) is 1. The number of carbonyl (C=O) groups is 1. The second-order valence-electron chi connectivity index (χ2n) is 6.11. The minimum atomic E-state index is -4.77. The van der Waals surface area contributed by atoms with Crippen LogP contribution in [0.25, 0.3) is 0 Å². The van der Waals surface area contributed by atoms with Gasteiger partial charge in [0.15, 0.2) is 5.82 Å². The first-order chi connectivity index (χ1) is 14.6. The van der Waals surface area contributed by atoms with Gasteiger partial charge in [-0.3, -0.25) is 4.31 Å². The zero-order chi connectivity index (χ0) is 22.6. The molecule has 1 heterocycles. The number of aromatic nitrogens is 1. The molecule has 0 radical (unpaired) electrons. The highest BCUT2D eigenvalue weighted by atomic mass is 35.5. The Morgan fingerprint density at radius 3 is 2.29 bits per heavy atom. The van der Waals surface area contributed by atoms with Gasteiger partial charge in [-0.25, -0.2) is 9.78 Å². The maximum Gasteiger partial charge on any atom is 0.573 e. The van der Waals surface area contributed by atoms with Crippen molar-refractivity contribution >= 4 is 46.9 Å². The van der Waals surface area contributed by atoms with Crippen LogP contribution in [0.3, 0.4) is 0 Å². The van der Waals surface area contributed by atoms with Crippen LogP contribution in [-0.4, -0.2) is 22.4 Å². The predicted octanol–water partition coefficient (Wildman–Crippen LogP) is 6.70. The van der Waals surface area contributed by atoms with Gasteiger partial charge < -0.3 is 9.84 Å². The van der Waals surface area contributed by atoms with Gasteiger partial charge in [-0.05, 0) is 60.0 Å². The molecule has 0 unspecified atom stereocenters. The van der Waals surface area contributed by atoms with Gasteiger partial charge >= 0.3 is 12.3 Å². The molecule has 3 aromatic rings. The van der Waals surface area contributed by atoms with Crippen LogP contribution in [0.1, 0.15) is 15.9 Å². The summed E-state index contributed by atoms with van der Waals surface area (Å²) >= 11 is 13.5. The molecule has 5 nitrogen and oxygen atoms in total. The average molecular weight is 489 g/mol. The van der Waals surface area contributed by atoms with Crippen LogP contribution in [0.15, 0.2) is 65.7 Å². The highest BCUT2D eigenvalue weighted by Gasteiger charge is 2.31. The van der Waals surface area contributed by atoms with Gasteiger partial charge in [0, 0.05) is 11.1 Å². The number of benzene rings is 2. The Labute approximate surface area is 189 Å². The molecule has 3 rings (SSSR count). The largest absolute Gasteiger partial charge is 0.573 e. The summed E-state index contributed by atoms with van der Waals surface area (Å²) in [5.41, 5.74) is 0.802. The quantitative estimate of drug-likeness (QED) is 0.373. The normalized spacial score (nSPS) is 11.3. The van der Waals surface area contributed by atoms with Crippen molar-refractivity contribution in [3.8, 4) is 5.75 Å². The molecular weight excluding hydrogens is 476 g/mol.